The van der Waals surface area contributed by atoms with Crippen molar-refractivity contribution in [1.82, 2.24) is 0 Å². The van der Waals surface area contributed by atoms with Crippen LogP contribution in [-0.4, -0.2) is 0 Å². The molecular formula is C25H50. The van der Waals surface area contributed by atoms with Crippen molar-refractivity contribution >= 4 is 0 Å². The minimum absolute atomic E-state index is 0.643. The fraction of sp³-hybridized carbons (Fsp3) is 0.920. The van der Waals surface area contributed by atoms with E-state index in [2.05, 4.69) is 34.1 Å². The van der Waals surface area contributed by atoms with Crippen LogP contribution in [0.4, 0.5) is 0 Å². The highest BCUT2D eigenvalue weighted by molar-refractivity contribution is 4.65. The normalized spacial score (nSPS) is 11.8. The summed E-state index contributed by atoms with van der Waals surface area (Å²) >= 11 is 0. The van der Waals surface area contributed by atoms with Gasteiger partial charge < -0.3 is 0 Å². The van der Waals surface area contributed by atoms with Crippen LogP contribution >= 0.6 is 0 Å². The lowest BCUT2D eigenvalue weighted by atomic mass is 10.0. The Hall–Kier alpha value is 0. The first-order chi connectivity index (χ1) is 12.1. The Morgan fingerprint density at radius 3 is 1.28 bits per heavy atom. The van der Waals surface area contributed by atoms with Crippen molar-refractivity contribution in [3.05, 3.63) is 13.3 Å². The van der Waals surface area contributed by atoms with Crippen molar-refractivity contribution in [2.45, 2.75) is 136 Å². The van der Waals surface area contributed by atoms with Gasteiger partial charge in [0.2, 0.25) is 0 Å². The Morgan fingerprint density at radius 1 is 0.520 bits per heavy atom. The quantitative estimate of drug-likeness (QED) is 0.192. The first kappa shape index (κ1) is 25.0. The van der Waals surface area contributed by atoms with E-state index < -0.39 is 0 Å². The third-order valence-electron chi connectivity index (χ3n) is 5.29. The average molecular weight is 351 g/mol. The highest BCUT2D eigenvalue weighted by Crippen LogP contribution is 2.15. The first-order valence-electron chi connectivity index (χ1n) is 11.8. The number of rotatable bonds is 20. The fourth-order valence-corrected chi connectivity index (χ4v) is 3.53. The van der Waals surface area contributed by atoms with E-state index in [1.165, 1.54) is 116 Å². The highest BCUT2D eigenvalue weighted by atomic mass is 14.0. The molecule has 0 N–H and O–H groups in total. The summed E-state index contributed by atoms with van der Waals surface area (Å²) in [5.41, 5.74) is 0. The van der Waals surface area contributed by atoms with E-state index in [0.717, 1.165) is 5.92 Å². The van der Waals surface area contributed by atoms with Crippen molar-refractivity contribution < 1.29 is 0 Å². The fourth-order valence-electron chi connectivity index (χ4n) is 3.53. The van der Waals surface area contributed by atoms with E-state index in [4.69, 9.17) is 0 Å². The van der Waals surface area contributed by atoms with Crippen LogP contribution in [-0.2, 0) is 0 Å². The van der Waals surface area contributed by atoms with E-state index in [9.17, 15) is 0 Å². The molecule has 150 valence electrons. The standard InChI is InChI=1S/C25H50/c1-24(2)22-20-18-16-14-12-10-8-6-5-7-9-11-13-15-17-19-21-23-25(3)4/h6,24-25H,1,5,7-23H2,2-4H3. The van der Waals surface area contributed by atoms with E-state index in [-0.39, 0.29) is 0 Å². The van der Waals surface area contributed by atoms with E-state index >= 15 is 0 Å². The molecule has 0 bridgehead atoms. The van der Waals surface area contributed by atoms with Crippen LogP contribution in [0.5, 0.6) is 0 Å². The van der Waals surface area contributed by atoms with Crippen LogP contribution in [0, 0.1) is 25.2 Å². The molecule has 0 aliphatic rings. The highest BCUT2D eigenvalue weighted by Gasteiger charge is 1.97. The Kier molecular flexibility index (Phi) is 20.3. The molecular weight excluding hydrogens is 300 g/mol. The predicted molar refractivity (Wildman–Crippen MR) is 117 cm³/mol. The Bertz CT molecular complexity index is 204. The molecule has 0 heteroatoms. The summed E-state index contributed by atoms with van der Waals surface area (Å²) in [4.78, 5) is 0. The summed E-state index contributed by atoms with van der Waals surface area (Å²) in [6.45, 7) is 11.0. The molecule has 0 amide bonds. The molecule has 0 saturated heterocycles. The van der Waals surface area contributed by atoms with Gasteiger partial charge in [0.25, 0.3) is 0 Å². The molecule has 0 aromatic heterocycles. The molecule has 0 aromatic rings. The molecule has 0 fully saturated rings. The average Bonchev–Trinajstić information content (AvgIpc) is 2.56. The van der Waals surface area contributed by atoms with Gasteiger partial charge in [-0.1, -0.05) is 143 Å². The van der Waals surface area contributed by atoms with Gasteiger partial charge in [0, 0.05) is 0 Å². The topological polar surface area (TPSA) is 0 Å². The second-order valence-electron chi connectivity index (χ2n) is 8.89. The molecule has 0 aromatic carbocycles. The molecule has 0 nitrogen and oxygen atoms in total. The lowest BCUT2D eigenvalue weighted by Crippen LogP contribution is -1.88. The van der Waals surface area contributed by atoms with Crippen LogP contribution < -0.4 is 0 Å². The van der Waals surface area contributed by atoms with Crippen LogP contribution in [0.2, 0.25) is 0 Å². The van der Waals surface area contributed by atoms with Crippen LogP contribution in [0.15, 0.2) is 0 Å². The Morgan fingerprint density at radius 2 is 0.880 bits per heavy atom. The summed E-state index contributed by atoms with van der Waals surface area (Å²) in [5, 5.41) is 0. The van der Waals surface area contributed by atoms with Gasteiger partial charge in [-0.2, -0.15) is 0 Å². The van der Waals surface area contributed by atoms with E-state index in [0.29, 0.717) is 5.92 Å². The largest absolute Gasteiger partial charge is 0.0628 e. The maximum atomic E-state index is 4.05. The monoisotopic (exact) mass is 350 g/mol. The minimum Gasteiger partial charge on any atom is -0.0628 e. The number of hydrogen-bond acceptors (Lipinski definition) is 0. The Labute approximate surface area is 161 Å². The van der Waals surface area contributed by atoms with Gasteiger partial charge in [-0.3, -0.25) is 0 Å². The third kappa shape index (κ3) is 24.0. The summed E-state index contributed by atoms with van der Waals surface area (Å²) in [6, 6.07) is 0. The lowest BCUT2D eigenvalue weighted by Gasteiger charge is -2.05. The van der Waals surface area contributed by atoms with Gasteiger partial charge in [-0.15, -0.1) is 0 Å². The maximum Gasteiger partial charge on any atom is -0.0386 e. The molecule has 0 aliphatic carbocycles. The molecule has 1 unspecified atom stereocenters. The summed E-state index contributed by atoms with van der Waals surface area (Å²) in [5.74, 6) is 1.54. The zero-order valence-corrected chi connectivity index (χ0v) is 18.2. The SMILES string of the molecule is [CH2]C(C)CCCCCCCC[CH]CCCCCCCCCCC(C)C. The van der Waals surface area contributed by atoms with Gasteiger partial charge in [0.15, 0.2) is 0 Å². The van der Waals surface area contributed by atoms with Crippen molar-refractivity contribution in [3.8, 4) is 0 Å². The van der Waals surface area contributed by atoms with Crippen LogP contribution in [0.25, 0.3) is 0 Å². The zero-order valence-electron chi connectivity index (χ0n) is 18.2. The van der Waals surface area contributed by atoms with Gasteiger partial charge in [0.05, 0.1) is 0 Å². The van der Waals surface area contributed by atoms with E-state index in [1.807, 2.05) is 0 Å². The van der Waals surface area contributed by atoms with Crippen molar-refractivity contribution in [1.29, 1.82) is 0 Å². The third-order valence-corrected chi connectivity index (χ3v) is 5.29. The van der Waals surface area contributed by atoms with Gasteiger partial charge in [-0.25, -0.2) is 0 Å². The number of unbranched alkanes of at least 4 members (excludes halogenated alkanes) is 16. The van der Waals surface area contributed by atoms with Gasteiger partial charge in [0.1, 0.15) is 0 Å². The second kappa shape index (κ2) is 20.3. The van der Waals surface area contributed by atoms with Gasteiger partial charge in [-0.05, 0) is 18.3 Å². The van der Waals surface area contributed by atoms with Gasteiger partial charge >= 0.3 is 0 Å². The second-order valence-corrected chi connectivity index (χ2v) is 8.89. The van der Waals surface area contributed by atoms with E-state index in [1.54, 1.807) is 0 Å². The molecule has 0 aliphatic heterocycles. The first-order valence-corrected chi connectivity index (χ1v) is 11.8. The lowest BCUT2D eigenvalue weighted by molar-refractivity contribution is 0.506. The summed E-state index contributed by atoms with van der Waals surface area (Å²) in [7, 11) is 0. The Balaban J connectivity index is 2.98. The molecule has 0 spiro atoms. The summed E-state index contributed by atoms with van der Waals surface area (Å²) in [6.07, 6.45) is 28.2. The molecule has 1 atom stereocenters. The molecule has 0 saturated carbocycles. The smallest absolute Gasteiger partial charge is 0.0386 e. The molecule has 2 radical (unpaired) electrons. The zero-order chi connectivity index (χ0) is 18.6. The number of hydrogen-bond donors (Lipinski definition) is 0. The van der Waals surface area contributed by atoms with Crippen LogP contribution in [0.3, 0.4) is 0 Å². The predicted octanol–water partition coefficient (Wildman–Crippen LogP) is 9.34. The van der Waals surface area contributed by atoms with Crippen molar-refractivity contribution in [2.24, 2.45) is 11.8 Å². The van der Waals surface area contributed by atoms with Crippen LogP contribution in [0.1, 0.15) is 136 Å². The maximum absolute atomic E-state index is 4.05. The van der Waals surface area contributed by atoms with Crippen molar-refractivity contribution in [2.75, 3.05) is 0 Å². The molecule has 25 heavy (non-hydrogen) atoms. The minimum atomic E-state index is 0.643. The van der Waals surface area contributed by atoms with Crippen molar-refractivity contribution in [3.63, 3.8) is 0 Å². The summed E-state index contributed by atoms with van der Waals surface area (Å²) < 4.78 is 0. The molecule has 0 heterocycles. The molecule has 0 rings (SSSR count).